The third-order valence-corrected chi connectivity index (χ3v) is 12.0. The molecule has 0 bridgehead atoms. The zero-order valence-corrected chi connectivity index (χ0v) is 24.0. The first-order valence-corrected chi connectivity index (χ1v) is 16.0. The molecule has 0 aliphatic carbocycles. The maximum Gasteiger partial charge on any atom is 0.160 e. The number of anilines is 3. The number of hydrogen-bond donors (Lipinski definition) is 0. The number of rotatable bonds is 7. The molecule has 192 valence electrons. The van der Waals surface area contributed by atoms with Crippen LogP contribution in [0.4, 0.5) is 17.1 Å². The van der Waals surface area contributed by atoms with E-state index in [9.17, 15) is 4.79 Å². The highest BCUT2D eigenvalue weighted by atomic mass is 32.1. The van der Waals surface area contributed by atoms with Crippen molar-refractivity contribution < 1.29 is 4.79 Å². The van der Waals surface area contributed by atoms with Gasteiger partial charge in [-0.15, -0.1) is 22.7 Å². The third kappa shape index (κ3) is 4.61. The molecule has 0 aliphatic heterocycles. The number of thiophene rings is 2. The highest BCUT2D eigenvalue weighted by Gasteiger charge is 2.19. The molecule has 5 heteroatoms. The molecule has 7 rings (SSSR count). The number of carbonyl (C=O) groups excluding carboxylic acids is 1. The van der Waals surface area contributed by atoms with E-state index in [1.165, 1.54) is 29.8 Å². The van der Waals surface area contributed by atoms with Crippen molar-refractivity contribution in [1.29, 1.82) is 0 Å². The molecule has 3 aromatic heterocycles. The van der Waals surface area contributed by atoms with E-state index in [2.05, 4.69) is 132 Å². The van der Waals surface area contributed by atoms with Crippen molar-refractivity contribution in [3.8, 4) is 5.30 Å². The van der Waals surface area contributed by atoms with E-state index >= 15 is 0 Å². The van der Waals surface area contributed by atoms with E-state index in [1.807, 2.05) is 23.5 Å². The van der Waals surface area contributed by atoms with Gasteiger partial charge in [0.15, 0.2) is 6.29 Å². The predicted molar refractivity (Wildman–Crippen MR) is 177 cm³/mol. The lowest BCUT2D eigenvalue weighted by Crippen LogP contribution is -2.09. The fourth-order valence-corrected chi connectivity index (χ4v) is 10.7. The number of para-hydroxylation sites is 2. The first-order chi connectivity index (χ1) is 19.8. The molecular formula is C35H24NOPS2. The standard InChI is InChI=1S/C35H24NOPS2/c37-24-31-23-33-35(40-31)34-32(38(33)29-14-8-3-9-15-29)22-30(39-34)21-18-25-16-19-28(20-17-25)36(26-10-4-1-5-11-26)27-12-6-2-7-13-27/h1-24H/b21-18+. The van der Waals surface area contributed by atoms with Crippen LogP contribution in [0.1, 0.15) is 20.1 Å². The molecule has 0 spiro atoms. The first kappa shape index (κ1) is 24.8. The summed E-state index contributed by atoms with van der Waals surface area (Å²) >= 11 is 3.45. The third-order valence-electron chi connectivity index (χ3n) is 6.90. The summed E-state index contributed by atoms with van der Waals surface area (Å²) < 4.78 is 2.59. The largest absolute Gasteiger partial charge is 0.311 e. The van der Waals surface area contributed by atoms with E-state index in [0.717, 1.165) is 33.8 Å². The van der Waals surface area contributed by atoms with E-state index in [-0.39, 0.29) is 0 Å². The van der Waals surface area contributed by atoms with Crippen LogP contribution in [0, 0.1) is 0 Å². The Hall–Kier alpha value is -4.21. The summed E-state index contributed by atoms with van der Waals surface area (Å²) in [6.45, 7) is 0. The van der Waals surface area contributed by atoms with Gasteiger partial charge in [0.25, 0.3) is 0 Å². The van der Waals surface area contributed by atoms with E-state index in [0.29, 0.717) is 0 Å². The molecule has 1 atom stereocenters. The summed E-state index contributed by atoms with van der Waals surface area (Å²) in [5.41, 5.74) is 4.54. The average molecular weight is 570 g/mol. The molecule has 40 heavy (non-hydrogen) atoms. The second-order valence-electron chi connectivity index (χ2n) is 9.45. The Morgan fingerprint density at radius 2 is 1.05 bits per heavy atom. The van der Waals surface area contributed by atoms with Crippen LogP contribution in [0.2, 0.25) is 0 Å². The van der Waals surface area contributed by atoms with Crippen LogP contribution in [-0.4, -0.2) is 6.29 Å². The molecular weight excluding hydrogens is 545 g/mol. The quantitative estimate of drug-likeness (QED) is 0.178. The SMILES string of the molecule is O=Cc1cc2c(s1)c1sc(/C=C/c3ccc(N(c4ccccc4)c4ccccc4)cc3)cc1p2-c1ccccc1. The van der Waals surface area contributed by atoms with Crippen molar-refractivity contribution in [3.05, 3.63) is 143 Å². The summed E-state index contributed by atoms with van der Waals surface area (Å²) in [5, 5.41) is 4.06. The second-order valence-corrected chi connectivity index (χ2v) is 13.8. The van der Waals surface area contributed by atoms with Crippen molar-refractivity contribution in [3.63, 3.8) is 0 Å². The van der Waals surface area contributed by atoms with Crippen molar-refractivity contribution in [2.45, 2.75) is 0 Å². The molecule has 0 saturated heterocycles. The molecule has 0 fully saturated rings. The van der Waals surface area contributed by atoms with Gasteiger partial charge in [-0.25, -0.2) is 0 Å². The van der Waals surface area contributed by atoms with E-state index in [4.69, 9.17) is 0 Å². The van der Waals surface area contributed by atoms with Crippen LogP contribution >= 0.6 is 30.2 Å². The van der Waals surface area contributed by atoms with Gasteiger partial charge in [0.2, 0.25) is 0 Å². The van der Waals surface area contributed by atoms with Crippen molar-refractivity contribution in [2.24, 2.45) is 0 Å². The van der Waals surface area contributed by atoms with Crippen LogP contribution in [-0.2, 0) is 0 Å². The Morgan fingerprint density at radius 3 is 1.62 bits per heavy atom. The first-order valence-electron chi connectivity index (χ1n) is 13.1. The fraction of sp³-hybridized carbons (Fsp3) is 0. The van der Waals surface area contributed by atoms with Gasteiger partial charge < -0.3 is 4.90 Å². The normalized spacial score (nSPS) is 11.9. The lowest BCUT2D eigenvalue weighted by atomic mass is 10.1. The maximum atomic E-state index is 11.6. The molecule has 0 N–H and O–H groups in total. The van der Waals surface area contributed by atoms with E-state index in [1.54, 1.807) is 11.3 Å². The number of nitrogens with zero attached hydrogens (tertiary/aromatic N) is 1. The Balaban J connectivity index is 1.22. The molecule has 3 heterocycles. The second kappa shape index (κ2) is 10.7. The molecule has 0 aliphatic rings. The lowest BCUT2D eigenvalue weighted by Gasteiger charge is -2.25. The van der Waals surface area contributed by atoms with Gasteiger partial charge in [0.05, 0.1) is 14.3 Å². The maximum absolute atomic E-state index is 11.6. The number of carbonyl (C=O) groups is 1. The molecule has 2 nitrogen and oxygen atoms in total. The van der Waals surface area contributed by atoms with Gasteiger partial charge >= 0.3 is 0 Å². The zero-order chi connectivity index (χ0) is 26.9. The summed E-state index contributed by atoms with van der Waals surface area (Å²) in [6, 6.07) is 44.8. The average Bonchev–Trinajstić information content (AvgIpc) is 3.69. The molecule has 4 aromatic carbocycles. The molecule has 0 saturated carbocycles. The van der Waals surface area contributed by atoms with Crippen LogP contribution in [0.3, 0.4) is 0 Å². The topological polar surface area (TPSA) is 20.3 Å². The smallest absolute Gasteiger partial charge is 0.160 e. The van der Waals surface area contributed by atoms with Crippen LogP contribution in [0.5, 0.6) is 0 Å². The van der Waals surface area contributed by atoms with Gasteiger partial charge in [0, 0.05) is 32.2 Å². The highest BCUT2D eigenvalue weighted by molar-refractivity contribution is 7.69. The number of benzene rings is 4. The lowest BCUT2D eigenvalue weighted by molar-refractivity contribution is 0.112. The predicted octanol–water partition coefficient (Wildman–Crippen LogP) is 11.5. The Labute approximate surface area is 242 Å². The van der Waals surface area contributed by atoms with Crippen molar-refractivity contribution in [1.82, 2.24) is 0 Å². The van der Waals surface area contributed by atoms with Gasteiger partial charge in [-0.1, -0.05) is 92.5 Å². The molecule has 7 aromatic rings. The van der Waals surface area contributed by atoms with Crippen LogP contribution in [0.15, 0.2) is 127 Å². The summed E-state index contributed by atoms with van der Waals surface area (Å²) in [6.07, 6.45) is 5.39. The van der Waals surface area contributed by atoms with E-state index < -0.39 is 7.53 Å². The Bertz CT molecular complexity index is 1910. The van der Waals surface area contributed by atoms with Crippen molar-refractivity contribution in [2.75, 3.05) is 4.90 Å². The minimum Gasteiger partial charge on any atom is -0.311 e. The Kier molecular flexibility index (Phi) is 6.67. The molecule has 1 unspecified atom stereocenters. The van der Waals surface area contributed by atoms with Crippen LogP contribution in [0.25, 0.3) is 37.1 Å². The molecule has 0 radical (unpaired) electrons. The number of fused-ring (bicyclic) bond motifs is 3. The highest BCUT2D eigenvalue weighted by Crippen LogP contribution is 2.59. The van der Waals surface area contributed by atoms with Crippen LogP contribution < -0.4 is 4.90 Å². The van der Waals surface area contributed by atoms with Gasteiger partial charge in [-0.05, 0) is 65.5 Å². The minimum atomic E-state index is -0.634. The summed E-state index contributed by atoms with van der Waals surface area (Å²) in [5.74, 6) is 0. The fourth-order valence-electron chi connectivity index (χ4n) is 5.10. The van der Waals surface area contributed by atoms with Gasteiger partial charge in [-0.3, -0.25) is 4.79 Å². The van der Waals surface area contributed by atoms with Gasteiger partial charge in [-0.2, -0.15) is 0 Å². The monoisotopic (exact) mass is 569 g/mol. The Morgan fingerprint density at radius 1 is 0.550 bits per heavy atom. The van der Waals surface area contributed by atoms with Crippen molar-refractivity contribution >= 4 is 85.3 Å². The summed E-state index contributed by atoms with van der Waals surface area (Å²) in [7, 11) is -0.634. The van der Waals surface area contributed by atoms with Gasteiger partial charge in [0.1, 0.15) is 0 Å². The number of hydrogen-bond acceptors (Lipinski definition) is 4. The minimum absolute atomic E-state index is 0.634. The zero-order valence-electron chi connectivity index (χ0n) is 21.5. The summed E-state index contributed by atoms with van der Waals surface area (Å²) in [4.78, 5) is 15.9. The number of aldehydes is 1. The molecule has 0 amide bonds.